The monoisotopic (exact) mass is 327 g/mol. The molecule has 1 aromatic heterocycles. The molecule has 1 aromatic carbocycles. The standard InChI is InChI=1S/C15H19Cl2N3O/c1-2-18-10-12-8-13(16)9-14(17)15(12)21-7-3-5-20-6-4-19-11-20/h4,6,8-9,11,18H,2-3,5,7,10H2,1H3. The molecule has 0 saturated carbocycles. The minimum Gasteiger partial charge on any atom is -0.492 e. The maximum atomic E-state index is 6.24. The van der Waals surface area contributed by atoms with Gasteiger partial charge in [0.05, 0.1) is 18.0 Å². The van der Waals surface area contributed by atoms with E-state index in [0.29, 0.717) is 28.9 Å². The van der Waals surface area contributed by atoms with Crippen molar-refractivity contribution in [2.75, 3.05) is 13.2 Å². The Bertz CT molecular complexity index is 558. The Morgan fingerprint density at radius 3 is 2.90 bits per heavy atom. The molecule has 2 rings (SSSR count). The van der Waals surface area contributed by atoms with Crippen LogP contribution in [0.25, 0.3) is 0 Å². The van der Waals surface area contributed by atoms with Crippen LogP contribution >= 0.6 is 23.2 Å². The van der Waals surface area contributed by atoms with Crippen molar-refractivity contribution in [3.05, 3.63) is 46.5 Å². The van der Waals surface area contributed by atoms with Crippen LogP contribution in [-0.2, 0) is 13.1 Å². The third kappa shape index (κ3) is 4.92. The van der Waals surface area contributed by atoms with Gasteiger partial charge in [0.25, 0.3) is 0 Å². The Balaban J connectivity index is 1.94. The Kier molecular flexibility index (Phi) is 6.36. The maximum Gasteiger partial charge on any atom is 0.142 e. The first-order valence-corrected chi connectivity index (χ1v) is 7.73. The van der Waals surface area contributed by atoms with E-state index in [4.69, 9.17) is 27.9 Å². The minimum absolute atomic E-state index is 0.554. The van der Waals surface area contributed by atoms with Gasteiger partial charge in [-0.3, -0.25) is 0 Å². The zero-order valence-corrected chi connectivity index (χ0v) is 13.5. The molecule has 0 aliphatic heterocycles. The van der Waals surface area contributed by atoms with Crippen molar-refractivity contribution in [1.82, 2.24) is 14.9 Å². The Labute approximate surface area is 135 Å². The van der Waals surface area contributed by atoms with Gasteiger partial charge in [0.1, 0.15) is 5.75 Å². The van der Waals surface area contributed by atoms with Crippen molar-refractivity contribution in [1.29, 1.82) is 0 Å². The van der Waals surface area contributed by atoms with E-state index in [1.54, 1.807) is 18.6 Å². The Morgan fingerprint density at radius 1 is 1.33 bits per heavy atom. The molecule has 0 fully saturated rings. The molecule has 0 radical (unpaired) electrons. The molecule has 0 bridgehead atoms. The molecule has 4 nitrogen and oxygen atoms in total. The minimum atomic E-state index is 0.554. The summed E-state index contributed by atoms with van der Waals surface area (Å²) >= 11 is 12.3. The van der Waals surface area contributed by atoms with Crippen LogP contribution in [0.2, 0.25) is 10.0 Å². The summed E-state index contributed by atoms with van der Waals surface area (Å²) in [4.78, 5) is 4.01. The molecule has 0 aliphatic carbocycles. The number of nitrogens with zero attached hydrogens (tertiary/aromatic N) is 2. The third-order valence-corrected chi connectivity index (χ3v) is 3.52. The van der Waals surface area contributed by atoms with Crippen molar-refractivity contribution in [2.45, 2.75) is 26.4 Å². The molecule has 21 heavy (non-hydrogen) atoms. The van der Waals surface area contributed by atoms with Gasteiger partial charge in [0.2, 0.25) is 0 Å². The zero-order valence-electron chi connectivity index (χ0n) is 12.0. The van der Waals surface area contributed by atoms with Crippen molar-refractivity contribution < 1.29 is 4.74 Å². The van der Waals surface area contributed by atoms with Crippen LogP contribution in [-0.4, -0.2) is 22.7 Å². The lowest BCUT2D eigenvalue weighted by Gasteiger charge is -2.14. The normalized spacial score (nSPS) is 10.8. The van der Waals surface area contributed by atoms with Gasteiger partial charge in [-0.05, 0) is 25.1 Å². The third-order valence-electron chi connectivity index (χ3n) is 3.02. The van der Waals surface area contributed by atoms with Crippen LogP contribution in [0.5, 0.6) is 5.75 Å². The van der Waals surface area contributed by atoms with E-state index < -0.39 is 0 Å². The fourth-order valence-electron chi connectivity index (χ4n) is 2.01. The molecule has 2 aromatic rings. The van der Waals surface area contributed by atoms with E-state index in [2.05, 4.69) is 17.2 Å². The topological polar surface area (TPSA) is 39.1 Å². The number of hydrogen-bond donors (Lipinski definition) is 1. The molecular formula is C15H19Cl2N3O. The molecule has 1 N–H and O–H groups in total. The molecule has 0 aliphatic rings. The van der Waals surface area contributed by atoms with Crippen molar-refractivity contribution in [3.8, 4) is 5.75 Å². The molecule has 0 saturated heterocycles. The van der Waals surface area contributed by atoms with Crippen molar-refractivity contribution >= 4 is 23.2 Å². The summed E-state index contributed by atoms with van der Waals surface area (Å²) in [5.41, 5.74) is 0.983. The zero-order chi connectivity index (χ0) is 15.1. The summed E-state index contributed by atoms with van der Waals surface area (Å²) in [6.45, 7) is 5.09. The van der Waals surface area contributed by atoms with Gasteiger partial charge in [0, 0.05) is 36.1 Å². The molecule has 0 amide bonds. The van der Waals surface area contributed by atoms with Crippen LogP contribution in [0, 0.1) is 0 Å². The van der Waals surface area contributed by atoms with Gasteiger partial charge in [-0.2, -0.15) is 0 Å². The van der Waals surface area contributed by atoms with E-state index in [1.165, 1.54) is 0 Å². The lowest BCUT2D eigenvalue weighted by molar-refractivity contribution is 0.298. The number of halogens is 2. The lowest BCUT2D eigenvalue weighted by atomic mass is 10.2. The highest BCUT2D eigenvalue weighted by Gasteiger charge is 2.10. The molecular weight excluding hydrogens is 309 g/mol. The highest BCUT2D eigenvalue weighted by Crippen LogP contribution is 2.32. The van der Waals surface area contributed by atoms with Crippen LogP contribution in [0.4, 0.5) is 0 Å². The number of imidazole rings is 1. The molecule has 0 atom stereocenters. The highest BCUT2D eigenvalue weighted by molar-refractivity contribution is 6.35. The summed E-state index contributed by atoms with van der Waals surface area (Å²) in [7, 11) is 0. The number of hydrogen-bond acceptors (Lipinski definition) is 3. The Hall–Kier alpha value is -1.23. The smallest absolute Gasteiger partial charge is 0.142 e. The second-order valence-corrected chi connectivity index (χ2v) is 5.50. The van der Waals surface area contributed by atoms with Crippen LogP contribution in [0.3, 0.4) is 0 Å². The van der Waals surface area contributed by atoms with E-state index in [1.807, 2.05) is 16.8 Å². The summed E-state index contributed by atoms with van der Waals surface area (Å²) in [5.74, 6) is 0.715. The summed E-state index contributed by atoms with van der Waals surface area (Å²) < 4.78 is 7.87. The number of ether oxygens (including phenoxy) is 1. The van der Waals surface area contributed by atoms with Gasteiger partial charge in [0.15, 0.2) is 0 Å². The number of aryl methyl sites for hydroxylation is 1. The average Bonchev–Trinajstić information content (AvgIpc) is 2.96. The SMILES string of the molecule is CCNCc1cc(Cl)cc(Cl)c1OCCCn1ccnc1. The van der Waals surface area contributed by atoms with Crippen LogP contribution < -0.4 is 10.1 Å². The first kappa shape index (κ1) is 16.1. The van der Waals surface area contributed by atoms with E-state index in [9.17, 15) is 0 Å². The van der Waals surface area contributed by atoms with Gasteiger partial charge >= 0.3 is 0 Å². The molecule has 1 heterocycles. The summed E-state index contributed by atoms with van der Waals surface area (Å²) in [6.07, 6.45) is 6.39. The largest absolute Gasteiger partial charge is 0.492 e. The number of rotatable bonds is 8. The quantitative estimate of drug-likeness (QED) is 0.750. The maximum absolute atomic E-state index is 6.24. The fraction of sp³-hybridized carbons (Fsp3) is 0.400. The number of benzene rings is 1. The Morgan fingerprint density at radius 2 is 2.19 bits per heavy atom. The van der Waals surface area contributed by atoms with Crippen LogP contribution in [0.1, 0.15) is 18.9 Å². The highest BCUT2D eigenvalue weighted by atomic mass is 35.5. The first-order chi connectivity index (χ1) is 10.2. The lowest BCUT2D eigenvalue weighted by Crippen LogP contribution is -2.13. The predicted octanol–water partition coefficient (Wildman–Crippen LogP) is 3.77. The average molecular weight is 328 g/mol. The van der Waals surface area contributed by atoms with Crippen molar-refractivity contribution in [2.24, 2.45) is 0 Å². The van der Waals surface area contributed by atoms with Gasteiger partial charge in [-0.15, -0.1) is 0 Å². The fourth-order valence-corrected chi connectivity index (χ4v) is 2.60. The van der Waals surface area contributed by atoms with E-state index in [0.717, 1.165) is 25.1 Å². The van der Waals surface area contributed by atoms with Gasteiger partial charge in [-0.1, -0.05) is 30.1 Å². The van der Waals surface area contributed by atoms with Gasteiger partial charge < -0.3 is 14.6 Å². The molecule has 114 valence electrons. The number of nitrogens with one attached hydrogen (secondary N) is 1. The van der Waals surface area contributed by atoms with E-state index >= 15 is 0 Å². The van der Waals surface area contributed by atoms with Gasteiger partial charge in [-0.25, -0.2) is 4.98 Å². The second kappa shape index (κ2) is 8.27. The molecule has 0 unspecified atom stereocenters. The first-order valence-electron chi connectivity index (χ1n) is 6.98. The summed E-state index contributed by atoms with van der Waals surface area (Å²) in [5, 5.41) is 4.44. The second-order valence-electron chi connectivity index (χ2n) is 4.66. The molecule has 6 heteroatoms. The van der Waals surface area contributed by atoms with Crippen LogP contribution in [0.15, 0.2) is 30.9 Å². The van der Waals surface area contributed by atoms with E-state index in [-0.39, 0.29) is 0 Å². The molecule has 0 spiro atoms. The number of aromatic nitrogens is 2. The van der Waals surface area contributed by atoms with Crippen molar-refractivity contribution in [3.63, 3.8) is 0 Å². The summed E-state index contributed by atoms with van der Waals surface area (Å²) in [6, 6.07) is 3.60. The predicted molar refractivity (Wildman–Crippen MR) is 86.2 cm³/mol.